The van der Waals surface area contributed by atoms with Crippen molar-refractivity contribution in [2.45, 2.75) is 12.5 Å². The first-order valence-electron chi connectivity index (χ1n) is 5.46. The molecule has 0 saturated carbocycles. The van der Waals surface area contributed by atoms with Crippen molar-refractivity contribution in [3.63, 3.8) is 0 Å². The maximum atomic E-state index is 11.9. The molecule has 0 aliphatic carbocycles. The molecule has 0 unspecified atom stereocenters. The average molecular weight is 348 g/mol. The highest BCUT2D eigenvalue weighted by Crippen LogP contribution is 2.22. The molecule has 0 aliphatic rings. The summed E-state index contributed by atoms with van der Waals surface area (Å²) in [7, 11) is 0. The summed E-state index contributed by atoms with van der Waals surface area (Å²) in [5.41, 5.74) is 0.0543. The molecule has 1 aromatic carbocycles. The minimum absolute atomic E-state index is 0.0543. The number of carbonyl (C=O) groups is 2. The number of benzene rings is 1. The first-order valence-corrected chi connectivity index (χ1v) is 7.65. The number of amides is 1. The Labute approximate surface area is 123 Å². The van der Waals surface area contributed by atoms with Crippen molar-refractivity contribution in [2.75, 3.05) is 12.0 Å². The fourth-order valence-corrected chi connectivity index (χ4v) is 2.25. The number of thioether (sulfide) groups is 1. The molecule has 7 heteroatoms. The molecule has 1 amide bonds. The van der Waals surface area contributed by atoms with Gasteiger partial charge >= 0.3 is 5.97 Å². The number of halogens is 1. The number of aliphatic carboxylic acids is 1. The zero-order chi connectivity index (χ0) is 14.4. The molecule has 0 heterocycles. The zero-order valence-electron chi connectivity index (χ0n) is 10.2. The van der Waals surface area contributed by atoms with Gasteiger partial charge < -0.3 is 15.5 Å². The van der Waals surface area contributed by atoms with E-state index in [1.165, 1.54) is 23.9 Å². The molecule has 0 fully saturated rings. The number of hydrogen-bond donors (Lipinski definition) is 3. The Morgan fingerprint density at radius 3 is 2.68 bits per heavy atom. The third kappa shape index (κ3) is 4.76. The van der Waals surface area contributed by atoms with Gasteiger partial charge in [-0.3, -0.25) is 4.79 Å². The summed E-state index contributed by atoms with van der Waals surface area (Å²) in [6.07, 6.45) is 2.20. The van der Waals surface area contributed by atoms with Crippen molar-refractivity contribution in [3.8, 4) is 5.75 Å². The van der Waals surface area contributed by atoms with Crippen molar-refractivity contribution in [3.05, 3.63) is 28.2 Å². The number of hydrogen-bond acceptors (Lipinski definition) is 4. The number of carboxylic acids is 1. The van der Waals surface area contributed by atoms with Gasteiger partial charge in [0.05, 0.1) is 5.56 Å². The van der Waals surface area contributed by atoms with Gasteiger partial charge in [-0.15, -0.1) is 0 Å². The lowest BCUT2D eigenvalue weighted by Gasteiger charge is -2.14. The maximum absolute atomic E-state index is 11.9. The van der Waals surface area contributed by atoms with Crippen LogP contribution in [-0.2, 0) is 4.79 Å². The first-order chi connectivity index (χ1) is 8.95. The fourth-order valence-electron chi connectivity index (χ4n) is 1.43. The molecule has 5 nitrogen and oxygen atoms in total. The Balaban J connectivity index is 2.78. The van der Waals surface area contributed by atoms with Crippen molar-refractivity contribution >= 4 is 39.6 Å². The van der Waals surface area contributed by atoms with E-state index in [4.69, 9.17) is 5.11 Å². The molecule has 104 valence electrons. The second-order valence-electron chi connectivity index (χ2n) is 3.81. The lowest BCUT2D eigenvalue weighted by molar-refractivity contribution is -0.139. The van der Waals surface area contributed by atoms with E-state index in [9.17, 15) is 14.7 Å². The quantitative estimate of drug-likeness (QED) is 0.733. The molecule has 0 aliphatic heterocycles. The first kappa shape index (κ1) is 15.8. The van der Waals surface area contributed by atoms with Crippen LogP contribution in [0, 0.1) is 0 Å². The van der Waals surface area contributed by atoms with Crippen molar-refractivity contribution in [1.82, 2.24) is 5.32 Å². The summed E-state index contributed by atoms with van der Waals surface area (Å²) < 4.78 is 0.638. The van der Waals surface area contributed by atoms with Crippen LogP contribution >= 0.6 is 27.7 Å². The van der Waals surface area contributed by atoms with Gasteiger partial charge in [-0.05, 0) is 36.6 Å². The van der Waals surface area contributed by atoms with Gasteiger partial charge in [0.15, 0.2) is 0 Å². The molecule has 1 aromatic rings. The third-order valence-electron chi connectivity index (χ3n) is 2.42. The topological polar surface area (TPSA) is 86.6 Å². The van der Waals surface area contributed by atoms with Crippen LogP contribution in [0.15, 0.2) is 22.7 Å². The Bertz CT molecular complexity index is 481. The highest BCUT2D eigenvalue weighted by atomic mass is 79.9. The normalized spacial score (nSPS) is 11.9. The van der Waals surface area contributed by atoms with Crippen LogP contribution in [0.3, 0.4) is 0 Å². The van der Waals surface area contributed by atoms with Gasteiger partial charge in [-0.2, -0.15) is 11.8 Å². The summed E-state index contributed by atoms with van der Waals surface area (Å²) in [5, 5.41) is 21.1. The van der Waals surface area contributed by atoms with Gasteiger partial charge in [0.2, 0.25) is 0 Å². The van der Waals surface area contributed by atoms with Gasteiger partial charge in [0, 0.05) is 4.47 Å². The average Bonchev–Trinajstić information content (AvgIpc) is 2.33. The Morgan fingerprint density at radius 2 is 2.16 bits per heavy atom. The summed E-state index contributed by atoms with van der Waals surface area (Å²) >= 11 is 4.67. The lowest BCUT2D eigenvalue weighted by Crippen LogP contribution is -2.41. The van der Waals surface area contributed by atoms with E-state index in [-0.39, 0.29) is 11.3 Å². The highest BCUT2D eigenvalue weighted by molar-refractivity contribution is 9.10. The Morgan fingerprint density at radius 1 is 1.47 bits per heavy atom. The monoisotopic (exact) mass is 347 g/mol. The number of carbonyl (C=O) groups excluding carboxylic acids is 1. The largest absolute Gasteiger partial charge is 0.507 e. The smallest absolute Gasteiger partial charge is 0.326 e. The molecule has 0 spiro atoms. The summed E-state index contributed by atoms with van der Waals surface area (Å²) in [6, 6.07) is 3.46. The number of aromatic hydroxyl groups is 1. The Hall–Kier alpha value is -1.21. The van der Waals surface area contributed by atoms with Crippen LogP contribution in [0.25, 0.3) is 0 Å². The summed E-state index contributed by atoms with van der Waals surface area (Å²) in [6.45, 7) is 0. The van der Waals surface area contributed by atoms with Gasteiger partial charge in [-0.25, -0.2) is 4.79 Å². The SMILES string of the molecule is CSCC[C@@H](NC(=O)c1ccc(Br)cc1O)C(=O)O. The van der Waals surface area contributed by atoms with Crippen molar-refractivity contribution in [2.24, 2.45) is 0 Å². The highest BCUT2D eigenvalue weighted by Gasteiger charge is 2.21. The number of nitrogens with one attached hydrogen (secondary N) is 1. The van der Waals surface area contributed by atoms with E-state index in [1.54, 1.807) is 6.07 Å². The van der Waals surface area contributed by atoms with E-state index in [2.05, 4.69) is 21.2 Å². The minimum atomic E-state index is -1.08. The maximum Gasteiger partial charge on any atom is 0.326 e. The molecule has 1 rings (SSSR count). The third-order valence-corrected chi connectivity index (χ3v) is 3.56. The molecule has 1 atom stereocenters. The number of carboxylic acid groups (broad SMARTS) is 1. The number of phenolic OH excluding ortho intramolecular Hbond substituents is 1. The number of rotatable bonds is 6. The van der Waals surface area contributed by atoms with Crippen LogP contribution in [-0.4, -0.2) is 40.1 Å². The molecular formula is C12H14BrNO4S. The van der Waals surface area contributed by atoms with E-state index < -0.39 is 17.9 Å². The second kappa shape index (κ2) is 7.40. The fraction of sp³-hybridized carbons (Fsp3) is 0.333. The molecule has 0 saturated heterocycles. The predicted octanol–water partition coefficient (Wildman–Crippen LogP) is 2.09. The molecule has 0 aromatic heterocycles. The van der Waals surface area contributed by atoms with Crippen molar-refractivity contribution in [1.29, 1.82) is 0 Å². The van der Waals surface area contributed by atoms with E-state index in [1.807, 2.05) is 6.26 Å². The van der Waals surface area contributed by atoms with Crippen molar-refractivity contribution < 1.29 is 19.8 Å². The zero-order valence-corrected chi connectivity index (χ0v) is 12.6. The van der Waals surface area contributed by atoms with Crippen LogP contribution in [0.5, 0.6) is 5.75 Å². The molecular weight excluding hydrogens is 334 g/mol. The predicted molar refractivity (Wildman–Crippen MR) is 77.7 cm³/mol. The Kier molecular flexibility index (Phi) is 6.17. The van der Waals surface area contributed by atoms with Crippen LogP contribution in [0.4, 0.5) is 0 Å². The number of phenols is 1. The van der Waals surface area contributed by atoms with Crippen LogP contribution < -0.4 is 5.32 Å². The van der Waals surface area contributed by atoms with Crippen LogP contribution in [0.2, 0.25) is 0 Å². The summed E-state index contributed by atoms with van der Waals surface area (Å²) in [5.74, 6) is -1.25. The van der Waals surface area contributed by atoms with Gasteiger partial charge in [-0.1, -0.05) is 15.9 Å². The minimum Gasteiger partial charge on any atom is -0.507 e. The van der Waals surface area contributed by atoms with E-state index in [0.29, 0.717) is 16.6 Å². The molecule has 0 radical (unpaired) electrons. The molecule has 3 N–H and O–H groups in total. The van der Waals surface area contributed by atoms with Crippen LogP contribution in [0.1, 0.15) is 16.8 Å². The molecule has 0 bridgehead atoms. The lowest BCUT2D eigenvalue weighted by atomic mass is 10.1. The second-order valence-corrected chi connectivity index (χ2v) is 5.71. The van der Waals surface area contributed by atoms with E-state index in [0.717, 1.165) is 0 Å². The summed E-state index contributed by atoms with van der Waals surface area (Å²) in [4.78, 5) is 22.9. The standard InChI is InChI=1S/C12H14BrNO4S/c1-19-5-4-9(12(17)18)14-11(16)8-3-2-7(13)6-10(8)15/h2-3,6,9,15H,4-5H2,1H3,(H,14,16)(H,17,18)/t9-/m1/s1. The molecule has 19 heavy (non-hydrogen) atoms. The van der Waals surface area contributed by atoms with E-state index >= 15 is 0 Å². The van der Waals surface area contributed by atoms with Gasteiger partial charge in [0.25, 0.3) is 5.91 Å². The van der Waals surface area contributed by atoms with Gasteiger partial charge in [0.1, 0.15) is 11.8 Å².